The summed E-state index contributed by atoms with van der Waals surface area (Å²) in [5, 5.41) is 12.7. The second kappa shape index (κ2) is 6.26. The van der Waals surface area contributed by atoms with Crippen LogP contribution >= 0.6 is 11.6 Å². The van der Waals surface area contributed by atoms with Gasteiger partial charge in [0.2, 0.25) is 5.91 Å². The van der Waals surface area contributed by atoms with Gasteiger partial charge in [-0.3, -0.25) is 4.79 Å². The molecule has 1 amide bonds. The molecule has 0 spiro atoms. The Bertz CT molecular complexity index is 461. The molecule has 0 radical (unpaired) electrons. The van der Waals surface area contributed by atoms with E-state index in [1.807, 2.05) is 11.8 Å². The number of nitrogens with zero attached hydrogens (tertiary/aromatic N) is 1. The lowest BCUT2D eigenvalue weighted by Gasteiger charge is -2.21. The van der Waals surface area contributed by atoms with E-state index in [4.69, 9.17) is 16.7 Å². The number of aliphatic hydroxyl groups is 1. The van der Waals surface area contributed by atoms with Gasteiger partial charge in [-0.05, 0) is 37.5 Å². The molecule has 1 fully saturated rings. The fraction of sp³-hybridized carbons (Fsp3) is 0.500. The van der Waals surface area contributed by atoms with E-state index in [-0.39, 0.29) is 19.1 Å². The standard InChI is InChI=1S/C14H19ClN2O2/c1-2-17(11-4-5-11)14(19)8-16-13-7-10(9-18)3-6-12(13)15/h3,6-7,11,16,18H,2,4-5,8-9H2,1H3. The Morgan fingerprint density at radius 3 is 2.84 bits per heavy atom. The van der Waals surface area contributed by atoms with E-state index in [9.17, 15) is 4.79 Å². The van der Waals surface area contributed by atoms with Crippen molar-refractivity contribution in [2.45, 2.75) is 32.4 Å². The lowest BCUT2D eigenvalue weighted by atomic mass is 10.2. The molecule has 1 saturated carbocycles. The molecule has 19 heavy (non-hydrogen) atoms. The number of amides is 1. The molecule has 5 heteroatoms. The zero-order valence-corrected chi connectivity index (χ0v) is 11.8. The van der Waals surface area contributed by atoms with Crippen LogP contribution < -0.4 is 5.32 Å². The highest BCUT2D eigenvalue weighted by Gasteiger charge is 2.30. The van der Waals surface area contributed by atoms with Crippen LogP contribution in [0.5, 0.6) is 0 Å². The number of carbonyl (C=O) groups is 1. The topological polar surface area (TPSA) is 52.6 Å². The minimum atomic E-state index is -0.0387. The highest BCUT2D eigenvalue weighted by atomic mass is 35.5. The van der Waals surface area contributed by atoms with Gasteiger partial charge >= 0.3 is 0 Å². The molecule has 1 aliphatic carbocycles. The Hall–Kier alpha value is -1.26. The van der Waals surface area contributed by atoms with Crippen LogP contribution in [0.4, 0.5) is 5.69 Å². The number of rotatable bonds is 6. The second-order valence-corrected chi connectivity index (χ2v) is 5.14. The summed E-state index contributed by atoms with van der Waals surface area (Å²) in [6.45, 7) is 2.94. The van der Waals surface area contributed by atoms with E-state index >= 15 is 0 Å². The normalized spacial score (nSPS) is 14.3. The van der Waals surface area contributed by atoms with Gasteiger partial charge in [-0.25, -0.2) is 0 Å². The summed E-state index contributed by atoms with van der Waals surface area (Å²) >= 11 is 6.06. The molecular weight excluding hydrogens is 264 g/mol. The van der Waals surface area contributed by atoms with Crippen LogP contribution in [0.1, 0.15) is 25.3 Å². The summed E-state index contributed by atoms with van der Waals surface area (Å²) in [7, 11) is 0. The van der Waals surface area contributed by atoms with Crippen LogP contribution in [0.15, 0.2) is 18.2 Å². The SMILES string of the molecule is CCN(C(=O)CNc1cc(CO)ccc1Cl)C1CC1. The smallest absolute Gasteiger partial charge is 0.242 e. The summed E-state index contributed by atoms with van der Waals surface area (Å²) in [6, 6.07) is 5.68. The zero-order valence-electron chi connectivity index (χ0n) is 11.0. The first-order valence-corrected chi connectivity index (χ1v) is 6.96. The first kappa shape index (κ1) is 14.2. The van der Waals surface area contributed by atoms with Crippen molar-refractivity contribution in [2.24, 2.45) is 0 Å². The first-order chi connectivity index (χ1) is 9.15. The van der Waals surface area contributed by atoms with Gasteiger partial charge in [0.1, 0.15) is 0 Å². The average molecular weight is 283 g/mol. The molecule has 0 saturated heterocycles. The molecule has 0 atom stereocenters. The fourth-order valence-electron chi connectivity index (χ4n) is 2.10. The van der Waals surface area contributed by atoms with Crippen LogP contribution in [0.2, 0.25) is 5.02 Å². The fourth-order valence-corrected chi connectivity index (χ4v) is 2.29. The molecule has 0 bridgehead atoms. The number of aliphatic hydroxyl groups excluding tert-OH is 1. The van der Waals surface area contributed by atoms with Crippen molar-refractivity contribution >= 4 is 23.2 Å². The lowest BCUT2D eigenvalue weighted by Crippen LogP contribution is -2.37. The Morgan fingerprint density at radius 1 is 1.53 bits per heavy atom. The van der Waals surface area contributed by atoms with E-state index in [0.717, 1.165) is 24.9 Å². The van der Waals surface area contributed by atoms with Crippen LogP contribution in [-0.4, -0.2) is 35.0 Å². The highest BCUT2D eigenvalue weighted by Crippen LogP contribution is 2.27. The van der Waals surface area contributed by atoms with E-state index in [0.29, 0.717) is 16.8 Å². The van der Waals surface area contributed by atoms with Crippen molar-refractivity contribution in [3.05, 3.63) is 28.8 Å². The van der Waals surface area contributed by atoms with Crippen LogP contribution in [0.3, 0.4) is 0 Å². The van der Waals surface area contributed by atoms with E-state index in [1.165, 1.54) is 0 Å². The van der Waals surface area contributed by atoms with Crippen molar-refractivity contribution in [1.82, 2.24) is 4.90 Å². The Labute approximate surface area is 118 Å². The minimum Gasteiger partial charge on any atom is -0.392 e. The van der Waals surface area contributed by atoms with E-state index in [2.05, 4.69) is 5.32 Å². The Morgan fingerprint density at radius 2 is 2.26 bits per heavy atom. The summed E-state index contributed by atoms with van der Waals surface area (Å²) < 4.78 is 0. The van der Waals surface area contributed by atoms with Crippen molar-refractivity contribution in [2.75, 3.05) is 18.4 Å². The summed E-state index contributed by atoms with van der Waals surface area (Å²) in [6.07, 6.45) is 2.22. The summed E-state index contributed by atoms with van der Waals surface area (Å²) in [4.78, 5) is 14.0. The maximum absolute atomic E-state index is 12.1. The van der Waals surface area contributed by atoms with Gasteiger partial charge in [-0.2, -0.15) is 0 Å². The quantitative estimate of drug-likeness (QED) is 0.841. The number of anilines is 1. The van der Waals surface area contributed by atoms with E-state index in [1.54, 1.807) is 18.2 Å². The molecule has 1 aromatic rings. The van der Waals surface area contributed by atoms with Gasteiger partial charge in [0.25, 0.3) is 0 Å². The van der Waals surface area contributed by atoms with Crippen molar-refractivity contribution in [3.8, 4) is 0 Å². The molecule has 1 aliphatic rings. The van der Waals surface area contributed by atoms with Gasteiger partial charge < -0.3 is 15.3 Å². The monoisotopic (exact) mass is 282 g/mol. The number of hydrogen-bond acceptors (Lipinski definition) is 3. The minimum absolute atomic E-state index is 0.0387. The predicted octanol–water partition coefficient (Wildman–Crippen LogP) is 2.26. The number of halogens is 1. The first-order valence-electron chi connectivity index (χ1n) is 6.58. The highest BCUT2D eigenvalue weighted by molar-refractivity contribution is 6.33. The van der Waals surface area contributed by atoms with Gasteiger partial charge in [0, 0.05) is 12.6 Å². The predicted molar refractivity (Wildman–Crippen MR) is 76.3 cm³/mol. The zero-order chi connectivity index (χ0) is 13.8. The second-order valence-electron chi connectivity index (χ2n) is 4.74. The van der Waals surface area contributed by atoms with Gasteiger partial charge in [-0.15, -0.1) is 0 Å². The van der Waals surface area contributed by atoms with Crippen molar-refractivity contribution in [1.29, 1.82) is 0 Å². The third-order valence-electron chi connectivity index (χ3n) is 3.29. The third kappa shape index (κ3) is 3.61. The summed E-state index contributed by atoms with van der Waals surface area (Å²) in [5.41, 5.74) is 1.46. The Balaban J connectivity index is 1.95. The maximum Gasteiger partial charge on any atom is 0.242 e. The van der Waals surface area contributed by atoms with Crippen molar-refractivity contribution in [3.63, 3.8) is 0 Å². The van der Waals surface area contributed by atoms with Crippen LogP contribution in [-0.2, 0) is 11.4 Å². The molecule has 1 aromatic carbocycles. The van der Waals surface area contributed by atoms with E-state index < -0.39 is 0 Å². The lowest BCUT2D eigenvalue weighted by molar-refractivity contribution is -0.129. The molecule has 2 N–H and O–H groups in total. The molecule has 0 unspecified atom stereocenters. The third-order valence-corrected chi connectivity index (χ3v) is 3.62. The van der Waals surface area contributed by atoms with Gasteiger partial charge in [0.15, 0.2) is 0 Å². The molecule has 0 aromatic heterocycles. The molecule has 0 heterocycles. The number of benzene rings is 1. The summed E-state index contributed by atoms with van der Waals surface area (Å²) in [5.74, 6) is 0.0930. The molecule has 104 valence electrons. The number of likely N-dealkylation sites (N-methyl/N-ethyl adjacent to an activating group) is 1. The largest absolute Gasteiger partial charge is 0.392 e. The maximum atomic E-state index is 12.1. The number of carbonyl (C=O) groups excluding carboxylic acids is 1. The average Bonchev–Trinajstić information content (AvgIpc) is 3.23. The van der Waals surface area contributed by atoms with Crippen molar-refractivity contribution < 1.29 is 9.90 Å². The Kier molecular flexibility index (Phi) is 4.66. The van der Waals surface area contributed by atoms with Gasteiger partial charge in [-0.1, -0.05) is 17.7 Å². The van der Waals surface area contributed by atoms with Gasteiger partial charge in [0.05, 0.1) is 23.9 Å². The van der Waals surface area contributed by atoms with Crippen LogP contribution in [0.25, 0.3) is 0 Å². The molecular formula is C14H19ClN2O2. The number of hydrogen-bond donors (Lipinski definition) is 2. The molecule has 0 aliphatic heterocycles. The molecule has 4 nitrogen and oxygen atoms in total. The van der Waals surface area contributed by atoms with Crippen LogP contribution in [0, 0.1) is 0 Å². The number of nitrogens with one attached hydrogen (secondary N) is 1. The molecule has 2 rings (SSSR count).